The molecule has 0 aliphatic rings. The Morgan fingerprint density at radius 3 is 1.65 bits per heavy atom. The molecule has 23 heavy (non-hydrogen) atoms. The van der Waals surface area contributed by atoms with Crippen molar-refractivity contribution in [3.05, 3.63) is 12.2 Å². The van der Waals surface area contributed by atoms with Crippen LogP contribution in [0.15, 0.2) is 12.2 Å². The fourth-order valence-electron chi connectivity index (χ4n) is 1.84. The molecule has 0 aliphatic heterocycles. The van der Waals surface area contributed by atoms with Gasteiger partial charge in [0.2, 0.25) is 0 Å². The molecule has 0 aromatic heterocycles. The van der Waals surface area contributed by atoms with Crippen LogP contribution in [0.25, 0.3) is 0 Å². The summed E-state index contributed by atoms with van der Waals surface area (Å²) in [6.07, 6.45) is -21.9. The monoisotopic (exact) mass is 360 g/mol. The standard InChI is InChI=1S/C12H13F9O2/c1-4-9(11(16,17)18,12(19,20)21)5-6(2)23-8(22)7(3)10(13,14)15/h6H,3-5H2,1-2H3. The zero-order valence-electron chi connectivity index (χ0n) is 11.9. The first-order valence-electron chi connectivity index (χ1n) is 6.10. The Hall–Kier alpha value is -1.42. The largest absolute Gasteiger partial charge is 0.459 e. The molecule has 136 valence electrons. The molecule has 11 heteroatoms. The highest BCUT2D eigenvalue weighted by atomic mass is 19.4. The van der Waals surface area contributed by atoms with Gasteiger partial charge in [0, 0.05) is 6.42 Å². The molecule has 0 saturated carbocycles. The maximum atomic E-state index is 12.9. The third-order valence-electron chi connectivity index (χ3n) is 3.22. The molecule has 0 fully saturated rings. The van der Waals surface area contributed by atoms with Crippen LogP contribution in [0.3, 0.4) is 0 Å². The lowest BCUT2D eigenvalue weighted by Crippen LogP contribution is -2.51. The molecule has 0 radical (unpaired) electrons. The normalized spacial score (nSPS) is 15.3. The fraction of sp³-hybridized carbons (Fsp3) is 0.750. The Labute approximate surface area is 125 Å². The maximum Gasteiger partial charge on any atom is 0.422 e. The maximum absolute atomic E-state index is 12.9. The Morgan fingerprint density at radius 1 is 1.00 bits per heavy atom. The van der Waals surface area contributed by atoms with Crippen molar-refractivity contribution in [2.75, 3.05) is 0 Å². The van der Waals surface area contributed by atoms with E-state index in [2.05, 4.69) is 11.3 Å². The number of halogens is 9. The fourth-order valence-corrected chi connectivity index (χ4v) is 1.84. The van der Waals surface area contributed by atoms with E-state index < -0.39 is 54.4 Å². The van der Waals surface area contributed by atoms with Gasteiger partial charge in [0.1, 0.15) is 11.7 Å². The zero-order valence-corrected chi connectivity index (χ0v) is 11.9. The molecule has 0 heterocycles. The molecule has 0 N–H and O–H groups in total. The van der Waals surface area contributed by atoms with Gasteiger partial charge >= 0.3 is 24.5 Å². The number of carbonyl (C=O) groups is 1. The molecule has 0 amide bonds. The summed E-state index contributed by atoms with van der Waals surface area (Å²) in [5, 5.41) is 0. The number of alkyl halides is 9. The quantitative estimate of drug-likeness (QED) is 0.394. The summed E-state index contributed by atoms with van der Waals surface area (Å²) in [6, 6.07) is 0. The van der Waals surface area contributed by atoms with E-state index in [0.29, 0.717) is 13.8 Å². The van der Waals surface area contributed by atoms with E-state index in [1.807, 2.05) is 0 Å². The molecule has 2 nitrogen and oxygen atoms in total. The molecule has 0 spiro atoms. The molecule has 0 bridgehead atoms. The van der Waals surface area contributed by atoms with Crippen molar-refractivity contribution in [3.63, 3.8) is 0 Å². The van der Waals surface area contributed by atoms with Crippen LogP contribution < -0.4 is 0 Å². The molecule has 0 aromatic carbocycles. The van der Waals surface area contributed by atoms with Crippen LogP contribution in [-0.4, -0.2) is 30.6 Å². The average molecular weight is 360 g/mol. The van der Waals surface area contributed by atoms with E-state index in [9.17, 15) is 44.3 Å². The topological polar surface area (TPSA) is 26.3 Å². The Morgan fingerprint density at radius 2 is 1.39 bits per heavy atom. The smallest absolute Gasteiger partial charge is 0.422 e. The van der Waals surface area contributed by atoms with Crippen LogP contribution >= 0.6 is 0 Å². The zero-order chi connectivity index (χ0) is 18.9. The van der Waals surface area contributed by atoms with Gasteiger partial charge in [-0.3, -0.25) is 0 Å². The molecule has 0 rings (SSSR count). The Kier molecular flexibility index (Phi) is 6.19. The molecule has 1 unspecified atom stereocenters. The second-order valence-corrected chi connectivity index (χ2v) is 4.83. The lowest BCUT2D eigenvalue weighted by molar-refractivity contribution is -0.348. The van der Waals surface area contributed by atoms with Gasteiger partial charge in [-0.2, -0.15) is 39.5 Å². The molecule has 1 atom stereocenters. The first-order valence-corrected chi connectivity index (χ1v) is 6.10. The number of carbonyl (C=O) groups excluding carboxylic acids is 1. The summed E-state index contributed by atoms with van der Waals surface area (Å²) in [6.45, 7) is 3.62. The van der Waals surface area contributed by atoms with Crippen molar-refractivity contribution >= 4 is 5.97 Å². The summed E-state index contributed by atoms with van der Waals surface area (Å²) < 4.78 is 118. The Bertz CT molecular complexity index is 431. The van der Waals surface area contributed by atoms with Crippen molar-refractivity contribution in [3.8, 4) is 0 Å². The minimum Gasteiger partial charge on any atom is -0.459 e. The number of ether oxygens (including phenoxy) is 1. The van der Waals surface area contributed by atoms with Gasteiger partial charge in [-0.05, 0) is 13.3 Å². The average Bonchev–Trinajstić information content (AvgIpc) is 2.30. The van der Waals surface area contributed by atoms with E-state index >= 15 is 0 Å². The highest BCUT2D eigenvalue weighted by Crippen LogP contribution is 2.55. The summed E-state index contributed by atoms with van der Waals surface area (Å²) >= 11 is 0. The van der Waals surface area contributed by atoms with Crippen LogP contribution in [0, 0.1) is 5.41 Å². The van der Waals surface area contributed by atoms with Crippen molar-refractivity contribution in [1.29, 1.82) is 0 Å². The number of rotatable bonds is 5. The minimum absolute atomic E-state index is 0.629. The first kappa shape index (κ1) is 21.6. The highest BCUT2D eigenvalue weighted by Gasteiger charge is 2.69. The van der Waals surface area contributed by atoms with Crippen LogP contribution in [-0.2, 0) is 9.53 Å². The van der Waals surface area contributed by atoms with Crippen molar-refractivity contribution in [2.24, 2.45) is 5.41 Å². The summed E-state index contributed by atoms with van der Waals surface area (Å²) in [5.41, 5.74) is -6.22. The molecular weight excluding hydrogens is 347 g/mol. The molecule has 0 aliphatic carbocycles. The lowest BCUT2D eigenvalue weighted by Gasteiger charge is -2.38. The van der Waals surface area contributed by atoms with E-state index in [4.69, 9.17) is 0 Å². The van der Waals surface area contributed by atoms with Gasteiger partial charge < -0.3 is 4.74 Å². The van der Waals surface area contributed by atoms with Gasteiger partial charge in [-0.1, -0.05) is 13.5 Å². The summed E-state index contributed by atoms with van der Waals surface area (Å²) in [7, 11) is 0. The van der Waals surface area contributed by atoms with Crippen molar-refractivity contribution in [2.45, 2.75) is 51.3 Å². The van der Waals surface area contributed by atoms with Crippen molar-refractivity contribution in [1.82, 2.24) is 0 Å². The van der Waals surface area contributed by atoms with Gasteiger partial charge in [-0.25, -0.2) is 4.79 Å². The SMILES string of the molecule is C=C(C(=O)OC(C)CC(CC)(C(F)(F)F)C(F)(F)F)C(F)(F)F. The molecule has 0 aromatic rings. The summed E-state index contributed by atoms with van der Waals surface area (Å²) in [5.74, 6) is -2.13. The van der Waals surface area contributed by atoms with Crippen LogP contribution in [0.2, 0.25) is 0 Å². The second-order valence-electron chi connectivity index (χ2n) is 4.83. The second kappa shape index (κ2) is 6.60. The highest BCUT2D eigenvalue weighted by molar-refractivity contribution is 5.89. The molecular formula is C12H13F9O2. The van der Waals surface area contributed by atoms with E-state index in [1.165, 1.54) is 0 Å². The van der Waals surface area contributed by atoms with Gasteiger partial charge in [-0.15, -0.1) is 0 Å². The Balaban J connectivity index is 5.34. The first-order chi connectivity index (χ1) is 9.99. The summed E-state index contributed by atoms with van der Waals surface area (Å²) in [4.78, 5) is 11.1. The predicted octanol–water partition coefficient (Wildman–Crippen LogP) is 4.95. The van der Waals surface area contributed by atoms with Crippen molar-refractivity contribution < 1.29 is 49.0 Å². The van der Waals surface area contributed by atoms with E-state index in [0.717, 1.165) is 0 Å². The van der Waals surface area contributed by atoms with Crippen LogP contribution in [0.5, 0.6) is 0 Å². The van der Waals surface area contributed by atoms with Gasteiger partial charge in [0.15, 0.2) is 5.41 Å². The minimum atomic E-state index is -5.72. The van der Waals surface area contributed by atoms with E-state index in [-0.39, 0.29) is 0 Å². The third kappa shape index (κ3) is 4.77. The van der Waals surface area contributed by atoms with Crippen LogP contribution in [0.4, 0.5) is 39.5 Å². The van der Waals surface area contributed by atoms with E-state index in [1.54, 1.807) is 0 Å². The number of esters is 1. The number of hydrogen-bond donors (Lipinski definition) is 0. The van der Waals surface area contributed by atoms with Gasteiger partial charge in [0.25, 0.3) is 0 Å². The predicted molar refractivity (Wildman–Crippen MR) is 60.2 cm³/mol. The van der Waals surface area contributed by atoms with Crippen LogP contribution in [0.1, 0.15) is 26.7 Å². The third-order valence-corrected chi connectivity index (χ3v) is 3.22. The number of hydrogen-bond acceptors (Lipinski definition) is 2. The molecule has 0 saturated heterocycles. The van der Waals surface area contributed by atoms with Gasteiger partial charge in [0.05, 0.1) is 0 Å². The lowest BCUT2D eigenvalue weighted by atomic mass is 9.78.